The Morgan fingerprint density at radius 2 is 1.47 bits per heavy atom. The average molecular weight is 542 g/mol. The molecule has 0 heterocycles. The largest absolute Gasteiger partial charge is 1.00 e. The zero-order valence-corrected chi connectivity index (χ0v) is 23.9. The number of carbonyl (C=O) groups is 2. The van der Waals surface area contributed by atoms with E-state index < -0.39 is 15.0 Å². The van der Waals surface area contributed by atoms with E-state index in [2.05, 4.69) is 15.5 Å². The number of nitrogens with one attached hydrogen (secondary N) is 1. The van der Waals surface area contributed by atoms with Crippen LogP contribution in [0.25, 0.3) is 0 Å². The Morgan fingerprint density at radius 1 is 0.868 bits per heavy atom. The summed E-state index contributed by atoms with van der Waals surface area (Å²) in [5, 5.41) is 11.6. The van der Waals surface area contributed by atoms with Crippen molar-refractivity contribution in [3.05, 3.63) is 76.9 Å². The Morgan fingerprint density at radius 3 is 2.11 bits per heavy atom. The van der Waals surface area contributed by atoms with Gasteiger partial charge in [0.25, 0.3) is 0 Å². The number of methoxy groups -OCH3 is 1. The average Bonchev–Trinajstić information content (AvgIpc) is 2.90. The summed E-state index contributed by atoms with van der Waals surface area (Å²) in [5.74, 6) is -0.507. The van der Waals surface area contributed by atoms with E-state index in [1.54, 1.807) is 36.4 Å². The van der Waals surface area contributed by atoms with Crippen LogP contribution in [-0.2, 0) is 10.1 Å². The van der Waals surface area contributed by atoms with Crippen LogP contribution in [0.4, 0.5) is 17.1 Å². The molecule has 2 aliphatic carbocycles. The van der Waals surface area contributed by atoms with Gasteiger partial charge in [-0.3, -0.25) is 9.59 Å². The fourth-order valence-electron chi connectivity index (χ4n) is 4.89. The van der Waals surface area contributed by atoms with Gasteiger partial charge in [0.15, 0.2) is 11.6 Å². The van der Waals surface area contributed by atoms with Crippen molar-refractivity contribution < 1.29 is 56.9 Å². The molecule has 0 bridgehead atoms. The SMILES string of the molecule is COc1ccc(N=Nc2ccc(NC3CCCCC3)c3c2C(=O)c2ccccc2C3=O)c(S(=O)(=O)[O-])c1.[Na+]. The predicted molar refractivity (Wildman–Crippen MR) is 135 cm³/mol. The van der Waals surface area contributed by atoms with E-state index in [0.29, 0.717) is 11.3 Å². The fourth-order valence-corrected chi connectivity index (χ4v) is 5.51. The van der Waals surface area contributed by atoms with Crippen molar-refractivity contribution in [1.29, 1.82) is 0 Å². The molecule has 5 rings (SSSR count). The predicted octanol–water partition coefficient (Wildman–Crippen LogP) is 2.54. The molecule has 9 nitrogen and oxygen atoms in total. The van der Waals surface area contributed by atoms with Gasteiger partial charge >= 0.3 is 29.6 Å². The number of hydrogen-bond donors (Lipinski definition) is 1. The molecule has 2 aliphatic rings. The molecule has 0 amide bonds. The molecule has 1 N–H and O–H groups in total. The maximum atomic E-state index is 13.6. The van der Waals surface area contributed by atoms with Crippen molar-refractivity contribution in [2.24, 2.45) is 10.2 Å². The number of azo groups is 1. The quantitative estimate of drug-likeness (QED) is 0.225. The molecule has 11 heteroatoms. The van der Waals surface area contributed by atoms with E-state index in [1.807, 2.05) is 0 Å². The standard InChI is InChI=1S/C27H25N3O6S.Na/c1-36-17-11-12-20(23(15-17)37(33,34)35)29-30-22-14-13-21(28-16-7-3-2-4-8-16)24-25(22)27(32)19-10-6-5-9-18(19)26(24)31;/h5-6,9-16,28H,2-4,7-8H2,1H3,(H,33,34,35);/q;+1/p-1. The summed E-state index contributed by atoms with van der Waals surface area (Å²) in [6.45, 7) is 0. The number of anilines is 1. The van der Waals surface area contributed by atoms with Gasteiger partial charge in [0.05, 0.1) is 28.8 Å². The second kappa shape index (κ2) is 11.5. The van der Waals surface area contributed by atoms with Gasteiger partial charge in [-0.2, -0.15) is 0 Å². The van der Waals surface area contributed by atoms with Gasteiger partial charge in [-0.05, 0) is 43.2 Å². The van der Waals surface area contributed by atoms with Crippen LogP contribution in [0.15, 0.2) is 69.7 Å². The van der Waals surface area contributed by atoms with Crippen molar-refractivity contribution in [2.75, 3.05) is 12.4 Å². The molecule has 3 aromatic carbocycles. The van der Waals surface area contributed by atoms with Crippen LogP contribution in [0.2, 0.25) is 0 Å². The Bertz CT molecular complexity index is 1550. The number of benzene rings is 3. The number of ketones is 2. The van der Waals surface area contributed by atoms with Gasteiger partial charge in [-0.1, -0.05) is 43.5 Å². The molecular weight excluding hydrogens is 517 g/mol. The van der Waals surface area contributed by atoms with Gasteiger partial charge in [0, 0.05) is 22.9 Å². The third-order valence-electron chi connectivity index (χ3n) is 6.72. The molecule has 0 saturated heterocycles. The minimum absolute atomic E-state index is 0. The first kappa shape index (κ1) is 28.1. The summed E-state index contributed by atoms with van der Waals surface area (Å²) in [6, 6.07) is 13.9. The zero-order chi connectivity index (χ0) is 26.2. The van der Waals surface area contributed by atoms with Crippen LogP contribution in [0, 0.1) is 0 Å². The number of carbonyl (C=O) groups excluding carboxylic acids is 2. The summed E-state index contributed by atoms with van der Waals surface area (Å²) < 4.78 is 40.4. The number of hydrogen-bond acceptors (Lipinski definition) is 9. The molecule has 1 saturated carbocycles. The van der Waals surface area contributed by atoms with Gasteiger partial charge in [0.2, 0.25) is 0 Å². The van der Waals surface area contributed by atoms with Crippen molar-refractivity contribution in [1.82, 2.24) is 0 Å². The summed E-state index contributed by atoms with van der Waals surface area (Å²) in [7, 11) is -3.54. The molecule has 0 atom stereocenters. The Balaban J connectivity index is 0.00000336. The zero-order valence-electron chi connectivity index (χ0n) is 21.1. The van der Waals surface area contributed by atoms with Crippen molar-refractivity contribution >= 4 is 38.7 Å². The minimum atomic E-state index is -4.89. The molecule has 1 fully saturated rings. The van der Waals surface area contributed by atoms with Crippen molar-refractivity contribution in [3.63, 3.8) is 0 Å². The molecule has 38 heavy (non-hydrogen) atoms. The minimum Gasteiger partial charge on any atom is -0.744 e. The molecule has 0 unspecified atom stereocenters. The van der Waals surface area contributed by atoms with E-state index in [4.69, 9.17) is 4.74 Å². The first-order chi connectivity index (χ1) is 17.8. The fraction of sp³-hybridized carbons (Fsp3) is 0.259. The third-order valence-corrected chi connectivity index (χ3v) is 7.59. The monoisotopic (exact) mass is 541 g/mol. The summed E-state index contributed by atoms with van der Waals surface area (Å²) in [5.41, 5.74) is 1.34. The van der Waals surface area contributed by atoms with Crippen LogP contribution in [0.1, 0.15) is 63.9 Å². The van der Waals surface area contributed by atoms with Gasteiger partial charge < -0.3 is 14.6 Å². The number of rotatable bonds is 6. The molecule has 0 aliphatic heterocycles. The van der Waals surface area contributed by atoms with E-state index in [0.717, 1.165) is 31.7 Å². The third kappa shape index (κ3) is 5.45. The summed E-state index contributed by atoms with van der Waals surface area (Å²) >= 11 is 0. The van der Waals surface area contributed by atoms with Crippen LogP contribution in [0.5, 0.6) is 5.75 Å². The second-order valence-corrected chi connectivity index (χ2v) is 10.4. The number of ether oxygens (including phenoxy) is 1. The van der Waals surface area contributed by atoms with Gasteiger partial charge in [-0.15, -0.1) is 10.2 Å². The summed E-state index contributed by atoms with van der Waals surface area (Å²) in [4.78, 5) is 26.6. The van der Waals surface area contributed by atoms with Gasteiger partial charge in [-0.25, -0.2) is 8.42 Å². The van der Waals surface area contributed by atoms with E-state index in [9.17, 15) is 22.6 Å². The van der Waals surface area contributed by atoms with Crippen LogP contribution >= 0.6 is 0 Å². The van der Waals surface area contributed by atoms with Crippen molar-refractivity contribution in [3.8, 4) is 5.75 Å². The maximum Gasteiger partial charge on any atom is 1.00 e. The molecular formula is C27H24N3NaO6S. The first-order valence-corrected chi connectivity index (χ1v) is 13.4. The first-order valence-electron chi connectivity index (χ1n) is 12.0. The van der Waals surface area contributed by atoms with Crippen LogP contribution < -0.4 is 39.6 Å². The Hall–Kier alpha value is -2.89. The molecule has 190 valence electrons. The van der Waals surface area contributed by atoms with Crippen LogP contribution in [0.3, 0.4) is 0 Å². The van der Waals surface area contributed by atoms with E-state index in [1.165, 1.54) is 25.7 Å². The van der Waals surface area contributed by atoms with E-state index >= 15 is 0 Å². The molecule has 0 radical (unpaired) electrons. The summed E-state index contributed by atoms with van der Waals surface area (Å²) in [6.07, 6.45) is 5.30. The Labute approximate surface area is 242 Å². The normalized spacial score (nSPS) is 15.5. The number of nitrogens with zero attached hydrogens (tertiary/aromatic N) is 2. The molecule has 0 spiro atoms. The van der Waals surface area contributed by atoms with Crippen molar-refractivity contribution in [2.45, 2.75) is 43.0 Å². The van der Waals surface area contributed by atoms with E-state index in [-0.39, 0.29) is 81.0 Å². The molecule has 0 aromatic heterocycles. The maximum absolute atomic E-state index is 13.6. The Kier molecular flexibility index (Phi) is 8.49. The van der Waals surface area contributed by atoms with Crippen LogP contribution in [-0.4, -0.2) is 37.7 Å². The number of fused-ring (bicyclic) bond motifs is 2. The topological polar surface area (TPSA) is 137 Å². The second-order valence-electron chi connectivity index (χ2n) is 9.05. The smallest absolute Gasteiger partial charge is 0.744 e. The van der Waals surface area contributed by atoms with Gasteiger partial charge in [0.1, 0.15) is 21.6 Å². The molecule has 3 aromatic rings.